The molecular weight excluding hydrogens is 198 g/mol. The lowest BCUT2D eigenvalue weighted by molar-refractivity contribution is -0.475. The van der Waals surface area contributed by atoms with E-state index in [1.807, 2.05) is 0 Å². The molecule has 0 fully saturated rings. The Morgan fingerprint density at radius 1 is 0.938 bits per heavy atom. The molecule has 0 N–H and O–H groups in total. The predicted octanol–water partition coefficient (Wildman–Crippen LogP) is 2.08. The van der Waals surface area contributed by atoms with Crippen molar-refractivity contribution < 1.29 is 4.58 Å². The van der Waals surface area contributed by atoms with E-state index in [2.05, 4.69) is 56.5 Å². The molecule has 0 aliphatic heterocycles. The van der Waals surface area contributed by atoms with Crippen molar-refractivity contribution in [2.75, 3.05) is 41.8 Å². The summed E-state index contributed by atoms with van der Waals surface area (Å²) in [7, 11) is 10.6. The highest BCUT2D eigenvalue weighted by atomic mass is 15.4. The number of unbranched alkanes of at least 4 members (excludes halogenated alkanes) is 4. The van der Waals surface area contributed by atoms with Gasteiger partial charge in [-0.25, -0.2) is 0 Å². The van der Waals surface area contributed by atoms with Gasteiger partial charge in [-0.3, -0.25) is 14.4 Å². The second-order valence-corrected chi connectivity index (χ2v) is 4.92. The fraction of sp³-hybridized carbons (Fsp3) is 0.923. The number of nitrogens with zero attached hydrogens (tertiary/aromatic N) is 3. The highest BCUT2D eigenvalue weighted by molar-refractivity contribution is 5.74. The Labute approximate surface area is 102 Å². The third-order valence-corrected chi connectivity index (χ3v) is 2.74. The molecular formula is C13H30N3+. The molecule has 0 rings (SSSR count). The van der Waals surface area contributed by atoms with Crippen molar-refractivity contribution in [1.29, 1.82) is 0 Å². The molecule has 0 saturated carbocycles. The Kier molecular flexibility index (Phi) is 8.04. The highest BCUT2D eigenvalue weighted by Gasteiger charge is 2.17. The number of rotatable bonds is 6. The van der Waals surface area contributed by atoms with Crippen LogP contribution in [0.1, 0.15) is 39.0 Å². The lowest BCUT2D eigenvalue weighted by Gasteiger charge is -2.21. The SMILES string of the molecule is CCCCCCCN(C)C(N(C)C)=[N+](C)C. The number of guanidine groups is 1. The van der Waals surface area contributed by atoms with Gasteiger partial charge >= 0.3 is 5.96 Å². The lowest BCUT2D eigenvalue weighted by Crippen LogP contribution is -2.43. The van der Waals surface area contributed by atoms with Crippen LogP contribution in [-0.2, 0) is 0 Å². The molecule has 0 aliphatic rings. The molecule has 3 nitrogen and oxygen atoms in total. The second-order valence-electron chi connectivity index (χ2n) is 4.92. The van der Waals surface area contributed by atoms with Crippen LogP contribution in [0.5, 0.6) is 0 Å². The Morgan fingerprint density at radius 3 is 1.94 bits per heavy atom. The summed E-state index contributed by atoms with van der Waals surface area (Å²) in [5.74, 6) is 1.27. The zero-order valence-corrected chi connectivity index (χ0v) is 12.1. The average molecular weight is 228 g/mol. The monoisotopic (exact) mass is 228 g/mol. The van der Waals surface area contributed by atoms with Gasteiger partial charge in [-0.2, -0.15) is 0 Å². The topological polar surface area (TPSA) is 9.49 Å². The third-order valence-electron chi connectivity index (χ3n) is 2.74. The van der Waals surface area contributed by atoms with Crippen molar-refractivity contribution >= 4 is 5.96 Å². The molecule has 0 unspecified atom stereocenters. The van der Waals surface area contributed by atoms with Crippen LogP contribution in [0.4, 0.5) is 0 Å². The van der Waals surface area contributed by atoms with Crippen LogP contribution in [0, 0.1) is 0 Å². The summed E-state index contributed by atoms with van der Waals surface area (Å²) in [5.41, 5.74) is 0. The smallest absolute Gasteiger partial charge is 0.270 e. The van der Waals surface area contributed by atoms with Gasteiger partial charge in [-0.05, 0) is 6.42 Å². The van der Waals surface area contributed by atoms with Crippen LogP contribution < -0.4 is 0 Å². The van der Waals surface area contributed by atoms with Gasteiger partial charge in [0.1, 0.15) is 0 Å². The molecule has 0 aromatic heterocycles. The summed E-state index contributed by atoms with van der Waals surface area (Å²) in [5, 5.41) is 0. The minimum Gasteiger partial charge on any atom is -0.270 e. The molecule has 0 aromatic rings. The van der Waals surface area contributed by atoms with E-state index in [1.165, 1.54) is 38.1 Å². The van der Waals surface area contributed by atoms with Crippen molar-refractivity contribution in [3.8, 4) is 0 Å². The molecule has 0 aliphatic carbocycles. The molecule has 0 spiro atoms. The predicted molar refractivity (Wildman–Crippen MR) is 72.2 cm³/mol. The largest absolute Gasteiger partial charge is 0.349 e. The minimum atomic E-state index is 1.15. The van der Waals surface area contributed by atoms with Crippen LogP contribution in [0.25, 0.3) is 0 Å². The summed E-state index contributed by atoms with van der Waals surface area (Å²) < 4.78 is 2.17. The molecule has 3 heteroatoms. The van der Waals surface area contributed by atoms with Crippen LogP contribution in [-0.4, -0.2) is 62.1 Å². The fourth-order valence-corrected chi connectivity index (χ4v) is 2.14. The van der Waals surface area contributed by atoms with Crippen molar-refractivity contribution in [3.63, 3.8) is 0 Å². The standard InChI is InChI=1S/C13H30N3/c1-7-8-9-10-11-12-16(6)13(14(2)3)15(4)5/h7-12H2,1-6H3/q+1. The molecule has 0 heterocycles. The van der Waals surface area contributed by atoms with E-state index < -0.39 is 0 Å². The minimum absolute atomic E-state index is 1.15. The average Bonchev–Trinajstić information content (AvgIpc) is 2.16. The van der Waals surface area contributed by atoms with E-state index in [0.29, 0.717) is 0 Å². The number of hydrogen-bond acceptors (Lipinski definition) is 0. The van der Waals surface area contributed by atoms with Gasteiger partial charge in [0.05, 0.1) is 41.8 Å². The summed E-state index contributed by atoms with van der Waals surface area (Å²) in [4.78, 5) is 4.51. The zero-order valence-electron chi connectivity index (χ0n) is 12.1. The van der Waals surface area contributed by atoms with Gasteiger partial charge in [0, 0.05) is 0 Å². The third kappa shape index (κ3) is 5.99. The lowest BCUT2D eigenvalue weighted by atomic mass is 10.1. The quantitative estimate of drug-likeness (QED) is 0.298. The Balaban J connectivity index is 3.95. The van der Waals surface area contributed by atoms with Crippen LogP contribution in [0.15, 0.2) is 0 Å². The Bertz CT molecular complexity index is 205. The second kappa shape index (κ2) is 8.43. The van der Waals surface area contributed by atoms with Gasteiger partial charge in [0.15, 0.2) is 0 Å². The van der Waals surface area contributed by atoms with Gasteiger partial charge in [-0.1, -0.05) is 32.6 Å². The van der Waals surface area contributed by atoms with E-state index >= 15 is 0 Å². The Hall–Kier alpha value is -0.730. The van der Waals surface area contributed by atoms with Crippen molar-refractivity contribution in [2.45, 2.75) is 39.0 Å². The summed E-state index contributed by atoms with van der Waals surface area (Å²) in [6.45, 7) is 3.41. The van der Waals surface area contributed by atoms with E-state index in [-0.39, 0.29) is 0 Å². The van der Waals surface area contributed by atoms with Crippen LogP contribution in [0.3, 0.4) is 0 Å². The van der Waals surface area contributed by atoms with E-state index in [0.717, 1.165) is 6.54 Å². The van der Waals surface area contributed by atoms with E-state index in [4.69, 9.17) is 0 Å². The molecule has 16 heavy (non-hydrogen) atoms. The summed E-state index contributed by atoms with van der Waals surface area (Å²) in [6, 6.07) is 0. The first-order valence-electron chi connectivity index (χ1n) is 6.43. The summed E-state index contributed by atoms with van der Waals surface area (Å²) >= 11 is 0. The molecule has 0 saturated heterocycles. The zero-order chi connectivity index (χ0) is 12.6. The molecule has 0 amide bonds. The van der Waals surface area contributed by atoms with Crippen molar-refractivity contribution in [3.05, 3.63) is 0 Å². The van der Waals surface area contributed by atoms with Crippen molar-refractivity contribution in [1.82, 2.24) is 9.80 Å². The maximum Gasteiger partial charge on any atom is 0.349 e. The van der Waals surface area contributed by atoms with Gasteiger partial charge in [0.25, 0.3) is 0 Å². The number of hydrogen-bond donors (Lipinski definition) is 0. The molecule has 0 bridgehead atoms. The van der Waals surface area contributed by atoms with Gasteiger partial charge in [0.2, 0.25) is 0 Å². The van der Waals surface area contributed by atoms with Gasteiger partial charge in [-0.15, -0.1) is 0 Å². The molecule has 0 aromatic carbocycles. The first kappa shape index (κ1) is 15.3. The van der Waals surface area contributed by atoms with E-state index in [9.17, 15) is 0 Å². The first-order valence-corrected chi connectivity index (χ1v) is 6.43. The van der Waals surface area contributed by atoms with Crippen molar-refractivity contribution in [2.24, 2.45) is 0 Å². The molecule has 0 atom stereocenters. The van der Waals surface area contributed by atoms with Crippen LogP contribution >= 0.6 is 0 Å². The highest BCUT2D eigenvalue weighted by Crippen LogP contribution is 2.03. The Morgan fingerprint density at radius 2 is 1.50 bits per heavy atom. The molecule has 96 valence electrons. The van der Waals surface area contributed by atoms with Crippen LogP contribution in [0.2, 0.25) is 0 Å². The normalized spacial score (nSPS) is 10.1. The summed E-state index contributed by atoms with van der Waals surface area (Å²) in [6.07, 6.45) is 6.72. The van der Waals surface area contributed by atoms with Gasteiger partial charge < -0.3 is 0 Å². The van der Waals surface area contributed by atoms with E-state index in [1.54, 1.807) is 0 Å². The molecule has 0 radical (unpaired) electrons. The maximum absolute atomic E-state index is 2.34. The first-order chi connectivity index (χ1) is 7.50. The maximum atomic E-state index is 2.34. The fourth-order valence-electron chi connectivity index (χ4n) is 2.14.